The molecule has 1 aromatic rings. The molecule has 0 fully saturated rings. The molecule has 5 N–H and O–H groups in total. The first kappa shape index (κ1) is 14.3. The highest BCUT2D eigenvalue weighted by Gasteiger charge is 2.25. The molecule has 6 nitrogen and oxygen atoms in total. The minimum Gasteiger partial charge on any atom is -0.397 e. The van der Waals surface area contributed by atoms with E-state index in [1.54, 1.807) is 0 Å². The maximum atomic E-state index is 11.8. The predicted molar refractivity (Wildman–Crippen MR) is 74.2 cm³/mol. The van der Waals surface area contributed by atoms with Gasteiger partial charge < -0.3 is 21.7 Å². The Morgan fingerprint density at radius 1 is 1.44 bits per heavy atom. The van der Waals surface area contributed by atoms with Gasteiger partial charge in [0.15, 0.2) is 0 Å². The Morgan fingerprint density at radius 3 is 2.50 bits per heavy atom. The SMILES string of the molecule is CCCN(C)c1sc(C(N)=O)c(N)c1C(=O)NC. The van der Waals surface area contributed by atoms with E-state index in [-0.39, 0.29) is 16.5 Å². The van der Waals surface area contributed by atoms with E-state index in [1.165, 1.54) is 7.05 Å². The molecule has 7 heteroatoms. The quantitative estimate of drug-likeness (QED) is 0.730. The molecule has 0 bridgehead atoms. The topological polar surface area (TPSA) is 101 Å². The maximum Gasteiger partial charge on any atom is 0.260 e. The minimum absolute atomic E-state index is 0.157. The van der Waals surface area contributed by atoms with Crippen LogP contribution in [-0.2, 0) is 0 Å². The number of nitrogens with two attached hydrogens (primary N) is 2. The van der Waals surface area contributed by atoms with Gasteiger partial charge in [0, 0.05) is 20.6 Å². The van der Waals surface area contributed by atoms with Gasteiger partial charge in [0.2, 0.25) is 0 Å². The molecule has 0 radical (unpaired) electrons. The highest BCUT2D eigenvalue weighted by Crippen LogP contribution is 2.37. The highest BCUT2D eigenvalue weighted by molar-refractivity contribution is 7.19. The summed E-state index contributed by atoms with van der Waals surface area (Å²) in [5.41, 5.74) is 11.6. The zero-order chi connectivity index (χ0) is 13.9. The molecule has 0 saturated carbocycles. The van der Waals surface area contributed by atoms with Crippen LogP contribution < -0.4 is 21.7 Å². The fourth-order valence-corrected chi connectivity index (χ4v) is 2.72. The van der Waals surface area contributed by atoms with Crippen molar-refractivity contribution in [2.45, 2.75) is 13.3 Å². The Morgan fingerprint density at radius 2 is 2.06 bits per heavy atom. The van der Waals surface area contributed by atoms with E-state index in [0.717, 1.165) is 24.3 Å². The number of nitrogen functional groups attached to an aromatic ring is 1. The number of primary amides is 1. The smallest absolute Gasteiger partial charge is 0.260 e. The summed E-state index contributed by atoms with van der Waals surface area (Å²) in [7, 11) is 3.37. The van der Waals surface area contributed by atoms with Crippen molar-refractivity contribution in [1.29, 1.82) is 0 Å². The lowest BCUT2D eigenvalue weighted by molar-refractivity contribution is 0.0964. The van der Waals surface area contributed by atoms with Crippen LogP contribution in [0.3, 0.4) is 0 Å². The van der Waals surface area contributed by atoms with Crippen molar-refractivity contribution >= 4 is 33.8 Å². The zero-order valence-electron chi connectivity index (χ0n) is 10.7. The van der Waals surface area contributed by atoms with Crippen molar-refractivity contribution in [2.75, 3.05) is 31.3 Å². The van der Waals surface area contributed by atoms with E-state index in [0.29, 0.717) is 10.6 Å². The number of rotatable bonds is 5. The first-order valence-corrected chi connectivity index (χ1v) is 6.40. The number of nitrogens with zero attached hydrogens (tertiary/aromatic N) is 1. The molecular weight excluding hydrogens is 252 g/mol. The van der Waals surface area contributed by atoms with E-state index in [4.69, 9.17) is 11.5 Å². The molecule has 0 spiro atoms. The fourth-order valence-electron chi connectivity index (χ4n) is 1.66. The van der Waals surface area contributed by atoms with E-state index in [2.05, 4.69) is 5.32 Å². The number of nitrogens with one attached hydrogen (secondary N) is 1. The Balaban J connectivity index is 3.35. The first-order valence-electron chi connectivity index (χ1n) is 5.59. The average Bonchev–Trinajstić information content (AvgIpc) is 2.66. The number of hydrogen-bond donors (Lipinski definition) is 3. The molecule has 1 heterocycles. The molecule has 0 unspecified atom stereocenters. The first-order chi connectivity index (χ1) is 8.43. The standard InChI is InChI=1S/C11H18N4O2S/c1-4-5-15(3)11-6(10(17)14-2)7(12)8(18-11)9(13)16/h4-5,12H2,1-3H3,(H2,13,16)(H,14,17). The third kappa shape index (κ3) is 2.56. The lowest BCUT2D eigenvalue weighted by atomic mass is 10.2. The minimum atomic E-state index is -0.612. The third-order valence-corrected chi connectivity index (χ3v) is 3.84. The lowest BCUT2D eigenvalue weighted by Crippen LogP contribution is -2.24. The van der Waals surface area contributed by atoms with Crippen molar-refractivity contribution < 1.29 is 9.59 Å². The summed E-state index contributed by atoms with van der Waals surface area (Å²) in [6.45, 7) is 2.80. The van der Waals surface area contributed by atoms with Gasteiger partial charge >= 0.3 is 0 Å². The zero-order valence-corrected chi connectivity index (χ0v) is 11.6. The van der Waals surface area contributed by atoms with Gasteiger partial charge in [0.25, 0.3) is 11.8 Å². The van der Waals surface area contributed by atoms with E-state index >= 15 is 0 Å². The third-order valence-electron chi connectivity index (χ3n) is 2.51. The van der Waals surface area contributed by atoms with Crippen LogP contribution in [0.25, 0.3) is 0 Å². The predicted octanol–water partition coefficient (Wildman–Crippen LogP) is 0.635. The molecule has 0 saturated heterocycles. The Labute approximate surface area is 110 Å². The van der Waals surface area contributed by atoms with Crippen molar-refractivity contribution in [3.05, 3.63) is 10.4 Å². The summed E-state index contributed by atoms with van der Waals surface area (Å²) in [6, 6.07) is 0. The van der Waals surface area contributed by atoms with Crippen LogP contribution >= 0.6 is 11.3 Å². The Bertz CT molecular complexity index is 470. The molecule has 18 heavy (non-hydrogen) atoms. The van der Waals surface area contributed by atoms with Gasteiger partial charge in [-0.05, 0) is 6.42 Å². The molecule has 0 atom stereocenters. The van der Waals surface area contributed by atoms with Crippen LogP contribution in [0.15, 0.2) is 0 Å². The van der Waals surface area contributed by atoms with E-state index in [9.17, 15) is 9.59 Å². The number of carbonyl (C=O) groups excluding carboxylic acids is 2. The van der Waals surface area contributed by atoms with Gasteiger partial charge in [-0.1, -0.05) is 6.92 Å². The molecular formula is C11H18N4O2S. The van der Waals surface area contributed by atoms with Crippen LogP contribution in [-0.4, -0.2) is 32.5 Å². The van der Waals surface area contributed by atoms with Gasteiger partial charge in [0.05, 0.1) is 11.3 Å². The Kier molecular flexibility index (Phi) is 4.55. The van der Waals surface area contributed by atoms with Crippen LogP contribution in [0.4, 0.5) is 10.7 Å². The molecule has 100 valence electrons. The van der Waals surface area contributed by atoms with Gasteiger partial charge in [-0.15, -0.1) is 11.3 Å². The average molecular weight is 270 g/mol. The number of carbonyl (C=O) groups is 2. The summed E-state index contributed by atoms with van der Waals surface area (Å²) in [4.78, 5) is 25.2. The number of hydrogen-bond acceptors (Lipinski definition) is 5. The molecule has 2 amide bonds. The van der Waals surface area contributed by atoms with Crippen molar-refractivity contribution in [3.63, 3.8) is 0 Å². The van der Waals surface area contributed by atoms with Gasteiger partial charge in [-0.3, -0.25) is 9.59 Å². The van der Waals surface area contributed by atoms with Gasteiger partial charge in [-0.25, -0.2) is 0 Å². The number of amides is 2. The molecule has 0 aromatic carbocycles. The van der Waals surface area contributed by atoms with E-state index < -0.39 is 5.91 Å². The molecule has 0 aliphatic carbocycles. The molecule has 0 aliphatic heterocycles. The maximum absolute atomic E-state index is 11.8. The summed E-state index contributed by atoms with van der Waals surface area (Å²) in [5, 5.41) is 3.19. The number of thiophene rings is 1. The molecule has 0 aliphatic rings. The molecule has 1 aromatic heterocycles. The normalized spacial score (nSPS) is 10.2. The second-order valence-corrected chi connectivity index (χ2v) is 4.89. The van der Waals surface area contributed by atoms with Crippen LogP contribution in [0, 0.1) is 0 Å². The number of anilines is 2. The fraction of sp³-hybridized carbons (Fsp3) is 0.455. The van der Waals surface area contributed by atoms with E-state index in [1.807, 2.05) is 18.9 Å². The monoisotopic (exact) mass is 270 g/mol. The van der Waals surface area contributed by atoms with Crippen LogP contribution in [0.5, 0.6) is 0 Å². The lowest BCUT2D eigenvalue weighted by Gasteiger charge is -2.17. The summed E-state index contributed by atoms with van der Waals surface area (Å²) < 4.78 is 0. The van der Waals surface area contributed by atoms with Gasteiger partial charge in [0.1, 0.15) is 9.88 Å². The van der Waals surface area contributed by atoms with Crippen LogP contribution in [0.2, 0.25) is 0 Å². The Hall–Kier alpha value is -1.76. The highest BCUT2D eigenvalue weighted by atomic mass is 32.1. The van der Waals surface area contributed by atoms with Crippen molar-refractivity contribution in [2.24, 2.45) is 5.73 Å². The van der Waals surface area contributed by atoms with Gasteiger partial charge in [-0.2, -0.15) is 0 Å². The van der Waals surface area contributed by atoms with Crippen molar-refractivity contribution in [1.82, 2.24) is 5.32 Å². The summed E-state index contributed by atoms with van der Waals surface area (Å²) >= 11 is 1.15. The van der Waals surface area contributed by atoms with Crippen molar-refractivity contribution in [3.8, 4) is 0 Å². The second kappa shape index (κ2) is 5.72. The largest absolute Gasteiger partial charge is 0.397 e. The van der Waals surface area contributed by atoms with Crippen LogP contribution in [0.1, 0.15) is 33.4 Å². The summed E-state index contributed by atoms with van der Waals surface area (Å²) in [6.07, 6.45) is 0.924. The second-order valence-electron chi connectivity index (χ2n) is 3.89. The summed E-state index contributed by atoms with van der Waals surface area (Å²) in [5.74, 6) is -0.923. The molecule has 1 rings (SSSR count).